The number of amides is 3. The Kier molecular flexibility index (Phi) is 6.50. The Bertz CT molecular complexity index is 1220. The normalized spacial score (nSPS) is 16.2. The van der Waals surface area contributed by atoms with E-state index in [2.05, 4.69) is 20.8 Å². The quantitative estimate of drug-likeness (QED) is 0.434. The lowest BCUT2D eigenvalue weighted by Crippen LogP contribution is -2.42. The zero-order valence-corrected chi connectivity index (χ0v) is 19.3. The van der Waals surface area contributed by atoms with E-state index in [1.807, 2.05) is 0 Å². The number of fused-ring (bicyclic) bond motifs is 1. The van der Waals surface area contributed by atoms with Gasteiger partial charge in [0.1, 0.15) is 5.82 Å². The summed E-state index contributed by atoms with van der Waals surface area (Å²) in [6.45, 7) is 0.0609. The molecule has 4 N–H and O–H groups in total. The van der Waals surface area contributed by atoms with Gasteiger partial charge in [0, 0.05) is 35.5 Å². The van der Waals surface area contributed by atoms with E-state index in [1.54, 1.807) is 42.7 Å². The minimum absolute atomic E-state index is 0.154. The van der Waals surface area contributed by atoms with E-state index in [0.29, 0.717) is 40.9 Å². The summed E-state index contributed by atoms with van der Waals surface area (Å²) in [5.41, 5.74) is 3.56. The maximum absolute atomic E-state index is 14.8. The summed E-state index contributed by atoms with van der Waals surface area (Å²) in [4.78, 5) is 27.3. The number of halogens is 1. The lowest BCUT2D eigenvalue weighted by atomic mass is 10.0. The number of nitrogens with one attached hydrogen (secondary N) is 3. The number of aliphatic hydroxyl groups excluding tert-OH is 1. The number of hydrogen-bond acceptors (Lipinski definition) is 4. The SMILES string of the molecule is O=C(NC1CCCC1)c1cccc([C@H](CO)NC(=O)N2CCc3cc(-c4cn[nH]c4)c(F)cc32)c1. The lowest BCUT2D eigenvalue weighted by molar-refractivity contribution is 0.0937. The standard InChI is InChI=1S/C26H28FN5O3/c27-22-12-24-17(11-21(22)19-13-28-29-14-19)8-9-32(24)26(35)31-23(15-33)16-4-3-5-18(10-16)25(34)30-20-6-1-2-7-20/h3-5,10-14,20,23,33H,1-2,6-9,15H2,(H,28,29)(H,30,34)(H,31,35)/t23-/m0/s1. The molecule has 8 nitrogen and oxygen atoms in total. The van der Waals surface area contributed by atoms with Gasteiger partial charge >= 0.3 is 6.03 Å². The van der Waals surface area contributed by atoms with Crippen LogP contribution in [0.3, 0.4) is 0 Å². The van der Waals surface area contributed by atoms with E-state index in [1.165, 1.54) is 11.0 Å². The number of rotatable bonds is 6. The number of H-pyrrole nitrogens is 1. The molecular formula is C26H28FN5O3. The summed E-state index contributed by atoms with van der Waals surface area (Å²) in [7, 11) is 0. The number of urea groups is 1. The van der Waals surface area contributed by atoms with E-state index in [-0.39, 0.29) is 18.6 Å². The molecule has 0 radical (unpaired) electrons. The number of aromatic nitrogens is 2. The van der Waals surface area contributed by atoms with Crippen molar-refractivity contribution in [2.75, 3.05) is 18.1 Å². The molecule has 3 aromatic rings. The number of carbonyl (C=O) groups excluding carboxylic acids is 2. The average Bonchev–Trinajstić information content (AvgIpc) is 3.64. The topological polar surface area (TPSA) is 110 Å². The summed E-state index contributed by atoms with van der Waals surface area (Å²) in [6.07, 6.45) is 7.99. The van der Waals surface area contributed by atoms with Crippen LogP contribution < -0.4 is 15.5 Å². The van der Waals surface area contributed by atoms with Crippen molar-refractivity contribution in [3.63, 3.8) is 0 Å². The molecular weight excluding hydrogens is 449 g/mol. The van der Waals surface area contributed by atoms with Crippen molar-refractivity contribution < 1.29 is 19.1 Å². The molecule has 3 amide bonds. The monoisotopic (exact) mass is 477 g/mol. The van der Waals surface area contributed by atoms with E-state index < -0.39 is 17.9 Å². The molecule has 2 aliphatic rings. The molecule has 0 spiro atoms. The van der Waals surface area contributed by atoms with Crippen LogP contribution in [0.25, 0.3) is 11.1 Å². The second-order valence-corrected chi connectivity index (χ2v) is 9.11. The van der Waals surface area contributed by atoms with Crippen LogP contribution in [-0.4, -0.2) is 46.4 Å². The minimum Gasteiger partial charge on any atom is -0.394 e. The van der Waals surface area contributed by atoms with Crippen LogP contribution >= 0.6 is 0 Å². The van der Waals surface area contributed by atoms with Crippen molar-refractivity contribution in [3.05, 3.63) is 71.3 Å². The van der Waals surface area contributed by atoms with Crippen molar-refractivity contribution in [3.8, 4) is 11.1 Å². The number of benzene rings is 2. The van der Waals surface area contributed by atoms with Gasteiger partial charge in [-0.25, -0.2) is 9.18 Å². The van der Waals surface area contributed by atoms with Crippen molar-refractivity contribution in [1.29, 1.82) is 0 Å². The fourth-order valence-electron chi connectivity index (χ4n) is 4.94. The maximum Gasteiger partial charge on any atom is 0.322 e. The number of carbonyl (C=O) groups is 2. The van der Waals surface area contributed by atoms with Crippen LogP contribution in [0.4, 0.5) is 14.9 Å². The lowest BCUT2D eigenvalue weighted by Gasteiger charge is -2.23. The van der Waals surface area contributed by atoms with Crippen LogP contribution in [0, 0.1) is 5.82 Å². The first-order chi connectivity index (χ1) is 17.0. The molecule has 1 atom stereocenters. The smallest absolute Gasteiger partial charge is 0.322 e. The third-order valence-corrected chi connectivity index (χ3v) is 6.84. The second kappa shape index (κ2) is 9.87. The summed E-state index contributed by atoms with van der Waals surface area (Å²) in [5, 5.41) is 22.5. The highest BCUT2D eigenvalue weighted by atomic mass is 19.1. The fraction of sp³-hybridized carbons (Fsp3) is 0.346. The van der Waals surface area contributed by atoms with Crippen LogP contribution in [0.5, 0.6) is 0 Å². The van der Waals surface area contributed by atoms with E-state index in [9.17, 15) is 19.1 Å². The molecule has 35 heavy (non-hydrogen) atoms. The van der Waals surface area contributed by atoms with Crippen molar-refractivity contribution in [2.45, 2.75) is 44.2 Å². The fourth-order valence-corrected chi connectivity index (χ4v) is 4.94. The van der Waals surface area contributed by atoms with Crippen molar-refractivity contribution >= 4 is 17.6 Å². The Morgan fingerprint density at radius 1 is 1.23 bits per heavy atom. The highest BCUT2D eigenvalue weighted by Gasteiger charge is 2.29. The average molecular weight is 478 g/mol. The summed E-state index contributed by atoms with van der Waals surface area (Å²) < 4.78 is 14.8. The third-order valence-electron chi connectivity index (χ3n) is 6.84. The third kappa shape index (κ3) is 4.77. The van der Waals surface area contributed by atoms with Gasteiger partial charge in [0.25, 0.3) is 5.91 Å². The zero-order chi connectivity index (χ0) is 24.4. The van der Waals surface area contributed by atoms with Gasteiger partial charge in [-0.3, -0.25) is 14.8 Å². The Hall–Kier alpha value is -3.72. The first-order valence-electron chi connectivity index (χ1n) is 11.9. The highest BCUT2D eigenvalue weighted by Crippen LogP contribution is 2.34. The molecule has 5 rings (SSSR count). The van der Waals surface area contributed by atoms with E-state index in [4.69, 9.17) is 0 Å². The molecule has 1 aromatic heterocycles. The first-order valence-corrected chi connectivity index (χ1v) is 11.9. The van der Waals surface area contributed by atoms with E-state index >= 15 is 0 Å². The number of nitrogens with zero attached hydrogens (tertiary/aromatic N) is 2. The number of hydrogen-bond donors (Lipinski definition) is 4. The molecule has 182 valence electrons. The molecule has 1 fully saturated rings. The Labute approximate surface area is 202 Å². The molecule has 2 aromatic carbocycles. The predicted molar refractivity (Wildman–Crippen MR) is 130 cm³/mol. The molecule has 0 unspecified atom stereocenters. The van der Waals surface area contributed by atoms with Gasteiger partial charge in [-0.05, 0) is 54.7 Å². The summed E-state index contributed by atoms with van der Waals surface area (Å²) in [5.74, 6) is -0.594. The first kappa shape index (κ1) is 23.0. The Morgan fingerprint density at radius 3 is 2.80 bits per heavy atom. The molecule has 1 saturated carbocycles. The van der Waals surface area contributed by atoms with Gasteiger partial charge in [0.05, 0.1) is 24.5 Å². The van der Waals surface area contributed by atoms with Gasteiger partial charge in [-0.2, -0.15) is 5.10 Å². The van der Waals surface area contributed by atoms with Gasteiger partial charge in [-0.15, -0.1) is 0 Å². The summed E-state index contributed by atoms with van der Waals surface area (Å²) in [6, 6.07) is 9.10. The van der Waals surface area contributed by atoms with Gasteiger partial charge in [0.2, 0.25) is 0 Å². The largest absolute Gasteiger partial charge is 0.394 e. The Morgan fingerprint density at radius 2 is 2.06 bits per heavy atom. The van der Waals surface area contributed by atoms with Gasteiger partial charge in [-0.1, -0.05) is 25.0 Å². The number of aromatic amines is 1. The number of aliphatic hydroxyl groups is 1. The van der Waals surface area contributed by atoms with Gasteiger partial charge < -0.3 is 15.7 Å². The molecule has 1 aliphatic carbocycles. The molecule has 1 aliphatic heterocycles. The van der Waals surface area contributed by atoms with Crippen LogP contribution in [0.2, 0.25) is 0 Å². The minimum atomic E-state index is -0.708. The molecule has 0 bridgehead atoms. The molecule has 2 heterocycles. The summed E-state index contributed by atoms with van der Waals surface area (Å²) >= 11 is 0. The van der Waals surface area contributed by atoms with Crippen molar-refractivity contribution in [2.24, 2.45) is 0 Å². The zero-order valence-electron chi connectivity index (χ0n) is 19.3. The van der Waals surface area contributed by atoms with E-state index in [0.717, 1.165) is 31.2 Å². The number of anilines is 1. The van der Waals surface area contributed by atoms with Crippen LogP contribution in [0.15, 0.2) is 48.8 Å². The molecule has 0 saturated heterocycles. The molecule has 9 heteroatoms. The predicted octanol–water partition coefficient (Wildman–Crippen LogP) is 3.69. The van der Waals surface area contributed by atoms with Gasteiger partial charge in [0.15, 0.2) is 0 Å². The maximum atomic E-state index is 14.8. The van der Waals surface area contributed by atoms with Crippen LogP contribution in [-0.2, 0) is 6.42 Å². The van der Waals surface area contributed by atoms with Crippen molar-refractivity contribution in [1.82, 2.24) is 20.8 Å². The second-order valence-electron chi connectivity index (χ2n) is 9.11. The van der Waals surface area contributed by atoms with Crippen LogP contribution in [0.1, 0.15) is 53.2 Å². The highest BCUT2D eigenvalue weighted by molar-refractivity contribution is 5.96. The Balaban J connectivity index is 1.30.